The number of ether oxygens (including phenoxy) is 2. The number of carbonyl (C=O) groups is 1. The summed E-state index contributed by atoms with van der Waals surface area (Å²) in [6.45, 7) is 5.07. The molecule has 0 aliphatic carbocycles. The van der Waals surface area contributed by atoms with Crippen LogP contribution in [0.25, 0.3) is 0 Å². The molecule has 1 atom stereocenters. The molecule has 1 heterocycles. The van der Waals surface area contributed by atoms with Crippen molar-refractivity contribution in [1.29, 1.82) is 0 Å². The molecule has 0 unspecified atom stereocenters. The van der Waals surface area contributed by atoms with Gasteiger partial charge in [0.1, 0.15) is 6.04 Å². The normalized spacial score (nSPS) is 14.4. The number of benzene rings is 2. The molecule has 1 amide bonds. The molecule has 0 bridgehead atoms. The maximum Gasteiger partial charge on any atom is 0.239 e. The first kappa shape index (κ1) is 16.3. The number of carbonyl (C=O) groups excluding carboxylic acids is 1. The highest BCUT2D eigenvalue weighted by Gasteiger charge is 2.26. The van der Waals surface area contributed by atoms with E-state index in [9.17, 15) is 4.79 Å². The monoisotopic (exact) mass is 326 g/mol. The van der Waals surface area contributed by atoms with Crippen LogP contribution >= 0.6 is 0 Å². The van der Waals surface area contributed by atoms with E-state index in [1.165, 1.54) is 0 Å². The molecule has 5 heteroatoms. The van der Waals surface area contributed by atoms with E-state index in [2.05, 4.69) is 19.2 Å². The molecule has 0 spiro atoms. The van der Waals surface area contributed by atoms with Gasteiger partial charge in [-0.3, -0.25) is 4.79 Å². The highest BCUT2D eigenvalue weighted by atomic mass is 16.7. The van der Waals surface area contributed by atoms with Crippen LogP contribution in [0.4, 0.5) is 0 Å². The van der Waals surface area contributed by atoms with Crippen molar-refractivity contribution in [1.82, 2.24) is 5.32 Å². The summed E-state index contributed by atoms with van der Waals surface area (Å²) in [6.07, 6.45) is 0. The minimum absolute atomic E-state index is 0.205. The summed E-state index contributed by atoms with van der Waals surface area (Å²) in [5.74, 6) is 1.14. The second-order valence-corrected chi connectivity index (χ2v) is 6.58. The average Bonchev–Trinajstić information content (AvgIpc) is 3.03. The van der Waals surface area contributed by atoms with E-state index in [0.717, 1.165) is 22.6 Å². The molecule has 0 radical (unpaired) electrons. The van der Waals surface area contributed by atoms with E-state index < -0.39 is 6.04 Å². The summed E-state index contributed by atoms with van der Waals surface area (Å²) in [4.78, 5) is 11.8. The van der Waals surface area contributed by atoms with Crippen LogP contribution in [0.3, 0.4) is 0 Å². The first-order valence-electron chi connectivity index (χ1n) is 7.95. The zero-order valence-corrected chi connectivity index (χ0v) is 13.9. The maximum atomic E-state index is 11.8. The van der Waals surface area contributed by atoms with Crippen molar-refractivity contribution in [2.24, 2.45) is 5.73 Å². The average molecular weight is 326 g/mol. The van der Waals surface area contributed by atoms with Crippen molar-refractivity contribution in [3.05, 3.63) is 59.7 Å². The van der Waals surface area contributed by atoms with E-state index >= 15 is 0 Å². The fourth-order valence-electron chi connectivity index (χ4n) is 2.80. The minimum atomic E-state index is -0.514. The quantitative estimate of drug-likeness (QED) is 0.855. The van der Waals surface area contributed by atoms with Gasteiger partial charge in [-0.25, -0.2) is 0 Å². The Morgan fingerprint density at radius 2 is 1.88 bits per heavy atom. The van der Waals surface area contributed by atoms with Gasteiger partial charge in [0.2, 0.25) is 12.7 Å². The Bertz CT molecular complexity index is 729. The minimum Gasteiger partial charge on any atom is -0.454 e. The van der Waals surface area contributed by atoms with E-state index in [1.54, 1.807) is 0 Å². The molecule has 2 aromatic carbocycles. The first-order chi connectivity index (χ1) is 11.5. The van der Waals surface area contributed by atoms with Crippen molar-refractivity contribution in [3.8, 4) is 11.5 Å². The SMILES string of the molecule is CC(C)(CN[C@@H](C(N)=O)c1ccccc1)c1ccc2c(c1)OCO2. The van der Waals surface area contributed by atoms with Crippen LogP contribution in [0.5, 0.6) is 11.5 Å². The van der Waals surface area contributed by atoms with Gasteiger partial charge in [-0.15, -0.1) is 0 Å². The third-order valence-corrected chi connectivity index (χ3v) is 4.32. The number of fused-ring (bicyclic) bond motifs is 1. The fourth-order valence-corrected chi connectivity index (χ4v) is 2.80. The number of hydrogen-bond acceptors (Lipinski definition) is 4. The lowest BCUT2D eigenvalue weighted by Gasteiger charge is -2.28. The predicted octanol–water partition coefficient (Wildman–Crippen LogP) is 2.51. The molecule has 0 saturated carbocycles. The fraction of sp³-hybridized carbons (Fsp3) is 0.316. The van der Waals surface area contributed by atoms with E-state index in [0.29, 0.717) is 6.54 Å². The van der Waals surface area contributed by atoms with Crippen LogP contribution in [-0.4, -0.2) is 19.2 Å². The molecule has 0 aromatic heterocycles. The van der Waals surface area contributed by atoms with Crippen molar-refractivity contribution in [2.45, 2.75) is 25.3 Å². The first-order valence-corrected chi connectivity index (χ1v) is 7.95. The Morgan fingerprint density at radius 3 is 2.58 bits per heavy atom. The third-order valence-electron chi connectivity index (χ3n) is 4.32. The largest absolute Gasteiger partial charge is 0.454 e. The van der Waals surface area contributed by atoms with Crippen LogP contribution in [0.1, 0.15) is 31.0 Å². The molecule has 1 aliphatic heterocycles. The third kappa shape index (κ3) is 3.36. The Labute approximate surface area is 141 Å². The summed E-state index contributed by atoms with van der Waals surface area (Å²) < 4.78 is 10.8. The lowest BCUT2D eigenvalue weighted by molar-refractivity contribution is -0.120. The number of primary amides is 1. The maximum absolute atomic E-state index is 11.8. The number of nitrogens with two attached hydrogens (primary N) is 1. The van der Waals surface area contributed by atoms with Gasteiger partial charge in [-0.1, -0.05) is 50.2 Å². The number of hydrogen-bond donors (Lipinski definition) is 2. The van der Waals surface area contributed by atoms with Gasteiger partial charge in [0, 0.05) is 12.0 Å². The van der Waals surface area contributed by atoms with Crippen molar-refractivity contribution in [2.75, 3.05) is 13.3 Å². The summed E-state index contributed by atoms with van der Waals surface area (Å²) in [6, 6.07) is 14.9. The highest BCUT2D eigenvalue weighted by Crippen LogP contribution is 2.36. The van der Waals surface area contributed by atoms with Crippen molar-refractivity contribution >= 4 is 5.91 Å². The van der Waals surface area contributed by atoms with E-state index in [1.807, 2.05) is 48.5 Å². The van der Waals surface area contributed by atoms with Crippen LogP contribution in [-0.2, 0) is 10.2 Å². The summed E-state index contributed by atoms with van der Waals surface area (Å²) in [5, 5.41) is 3.30. The van der Waals surface area contributed by atoms with Gasteiger partial charge in [-0.2, -0.15) is 0 Å². The lowest BCUT2D eigenvalue weighted by Crippen LogP contribution is -2.40. The number of rotatable bonds is 6. The molecular formula is C19H22N2O3. The molecule has 3 rings (SSSR count). The Kier molecular flexibility index (Phi) is 4.44. The molecule has 2 aromatic rings. The second kappa shape index (κ2) is 6.53. The van der Waals surface area contributed by atoms with Crippen LogP contribution in [0.15, 0.2) is 48.5 Å². The Balaban J connectivity index is 1.75. The van der Waals surface area contributed by atoms with Gasteiger partial charge in [0.25, 0.3) is 0 Å². The lowest BCUT2D eigenvalue weighted by atomic mass is 9.84. The topological polar surface area (TPSA) is 73.6 Å². The van der Waals surface area contributed by atoms with E-state index in [-0.39, 0.29) is 18.1 Å². The van der Waals surface area contributed by atoms with Crippen molar-refractivity contribution in [3.63, 3.8) is 0 Å². The van der Waals surface area contributed by atoms with Gasteiger partial charge in [0.15, 0.2) is 11.5 Å². The smallest absolute Gasteiger partial charge is 0.239 e. The zero-order valence-electron chi connectivity index (χ0n) is 13.9. The highest BCUT2D eigenvalue weighted by molar-refractivity contribution is 5.81. The Hall–Kier alpha value is -2.53. The molecule has 24 heavy (non-hydrogen) atoms. The second-order valence-electron chi connectivity index (χ2n) is 6.58. The predicted molar refractivity (Wildman–Crippen MR) is 92.0 cm³/mol. The summed E-state index contributed by atoms with van der Waals surface area (Å²) >= 11 is 0. The number of amides is 1. The molecule has 126 valence electrons. The molecule has 0 fully saturated rings. The van der Waals surface area contributed by atoms with Crippen molar-refractivity contribution < 1.29 is 14.3 Å². The van der Waals surface area contributed by atoms with Crippen LogP contribution < -0.4 is 20.5 Å². The molecule has 5 nitrogen and oxygen atoms in total. The number of nitrogens with one attached hydrogen (secondary N) is 1. The van der Waals surface area contributed by atoms with Crippen LogP contribution in [0.2, 0.25) is 0 Å². The molecule has 3 N–H and O–H groups in total. The Morgan fingerprint density at radius 1 is 1.17 bits per heavy atom. The standard InChI is InChI=1S/C19H22N2O3/c1-19(2,14-8-9-15-16(10-14)24-12-23-15)11-21-17(18(20)22)13-6-4-3-5-7-13/h3-10,17,21H,11-12H2,1-2H3,(H2,20,22)/t17-/m1/s1. The molecule has 0 saturated heterocycles. The summed E-state index contributed by atoms with van der Waals surface area (Å²) in [7, 11) is 0. The van der Waals surface area contributed by atoms with Crippen LogP contribution in [0, 0.1) is 0 Å². The molecular weight excluding hydrogens is 304 g/mol. The van der Waals surface area contributed by atoms with E-state index in [4.69, 9.17) is 15.2 Å². The van der Waals surface area contributed by atoms with Gasteiger partial charge in [0.05, 0.1) is 0 Å². The zero-order chi connectivity index (χ0) is 17.2. The van der Waals surface area contributed by atoms with Gasteiger partial charge >= 0.3 is 0 Å². The summed E-state index contributed by atoms with van der Waals surface area (Å²) in [5.41, 5.74) is 7.34. The van der Waals surface area contributed by atoms with Gasteiger partial charge < -0.3 is 20.5 Å². The van der Waals surface area contributed by atoms with Gasteiger partial charge in [-0.05, 0) is 23.3 Å². The molecule has 1 aliphatic rings.